The zero-order chi connectivity index (χ0) is 17.7. The second-order valence-corrected chi connectivity index (χ2v) is 7.17. The quantitative estimate of drug-likeness (QED) is 0.875. The van der Waals surface area contributed by atoms with Gasteiger partial charge in [-0.15, -0.1) is 0 Å². The van der Waals surface area contributed by atoms with Gasteiger partial charge in [0.05, 0.1) is 10.5 Å². The van der Waals surface area contributed by atoms with Gasteiger partial charge in [0.25, 0.3) is 0 Å². The molecule has 1 aromatic heterocycles. The van der Waals surface area contributed by atoms with Crippen molar-refractivity contribution < 1.29 is 14.6 Å². The molecule has 3 rings (SSSR count). The minimum absolute atomic E-state index is 0.377. The zero-order valence-electron chi connectivity index (χ0n) is 14.4. The van der Waals surface area contributed by atoms with Crippen molar-refractivity contribution in [3.8, 4) is 0 Å². The highest BCUT2D eigenvalue weighted by Crippen LogP contribution is 2.40. The van der Waals surface area contributed by atoms with Crippen LogP contribution in [0.4, 0.5) is 4.79 Å². The fourth-order valence-corrected chi connectivity index (χ4v) is 3.66. The normalized spacial score (nSPS) is 27.1. The van der Waals surface area contributed by atoms with E-state index in [0.29, 0.717) is 24.4 Å². The average Bonchev–Trinajstić information content (AvgIpc) is 2.92. The van der Waals surface area contributed by atoms with E-state index in [1.807, 2.05) is 32.0 Å². The molecule has 2 N–H and O–H groups in total. The number of aryl methyl sites for hydroxylation is 1. The number of fused-ring (bicyclic) bond motifs is 1. The van der Waals surface area contributed by atoms with Crippen molar-refractivity contribution in [1.29, 1.82) is 0 Å². The molecule has 0 unspecified atom stereocenters. The van der Waals surface area contributed by atoms with E-state index < -0.39 is 17.4 Å². The van der Waals surface area contributed by atoms with Crippen LogP contribution in [0.2, 0.25) is 5.02 Å². The van der Waals surface area contributed by atoms with E-state index in [2.05, 4.69) is 4.98 Å². The number of nitrogens with zero attached hydrogens (tertiary/aromatic N) is 1. The van der Waals surface area contributed by atoms with Gasteiger partial charge in [0, 0.05) is 17.6 Å². The number of H-pyrrole nitrogens is 1. The molecule has 1 aromatic carbocycles. The predicted molar refractivity (Wildman–Crippen MR) is 94.3 cm³/mol. The van der Waals surface area contributed by atoms with Gasteiger partial charge in [-0.1, -0.05) is 30.7 Å². The Morgan fingerprint density at radius 1 is 1.38 bits per heavy atom. The number of aliphatic hydroxyl groups is 1. The van der Waals surface area contributed by atoms with Gasteiger partial charge in [-0.3, -0.25) is 4.90 Å². The number of rotatable bonds is 4. The van der Waals surface area contributed by atoms with Crippen LogP contribution in [0.15, 0.2) is 18.2 Å². The van der Waals surface area contributed by atoms with Gasteiger partial charge in [0.15, 0.2) is 11.3 Å². The fourth-order valence-electron chi connectivity index (χ4n) is 3.44. The van der Waals surface area contributed by atoms with Crippen LogP contribution in [0.25, 0.3) is 10.9 Å². The van der Waals surface area contributed by atoms with E-state index in [0.717, 1.165) is 22.2 Å². The molecule has 0 spiro atoms. The molecule has 6 heteroatoms. The number of halogens is 1. The molecule has 0 radical (unpaired) electrons. The molecule has 1 aliphatic rings. The molecule has 0 bridgehead atoms. The third-order valence-corrected chi connectivity index (χ3v) is 5.74. The fraction of sp³-hybridized carbons (Fsp3) is 0.500. The van der Waals surface area contributed by atoms with Crippen LogP contribution < -0.4 is 0 Å². The third-order valence-electron chi connectivity index (χ3n) is 5.42. The molecule has 2 atom stereocenters. The summed E-state index contributed by atoms with van der Waals surface area (Å²) in [5, 5.41) is 12.6. The second-order valence-electron chi connectivity index (χ2n) is 6.77. The lowest BCUT2D eigenvalue weighted by Crippen LogP contribution is -2.55. The lowest BCUT2D eigenvalue weighted by molar-refractivity contribution is -0.137. The minimum atomic E-state index is -1.34. The standard InChI is InChI=1S/C18H23ClN2O3/c1-5-17(3)18(4,23)21(16(22)24-17)10-9-12-11(2)20-15-13(12)7-6-8-14(15)19/h6-8,20,23H,5,9-10H2,1-4H3/t17-,18+/m1/s1. The van der Waals surface area contributed by atoms with Crippen LogP contribution in [0.5, 0.6) is 0 Å². The van der Waals surface area contributed by atoms with E-state index in [9.17, 15) is 9.90 Å². The predicted octanol–water partition coefficient (Wildman–Crippen LogP) is 4.00. The maximum Gasteiger partial charge on any atom is 0.412 e. The van der Waals surface area contributed by atoms with Gasteiger partial charge in [0.2, 0.25) is 0 Å². The molecule has 0 saturated carbocycles. The highest BCUT2D eigenvalue weighted by Gasteiger charge is 2.58. The molecule has 1 saturated heterocycles. The van der Waals surface area contributed by atoms with Crippen LogP contribution in [0.3, 0.4) is 0 Å². The SMILES string of the molecule is CC[C@@]1(C)OC(=O)N(CCc2c(C)[nH]c3c(Cl)cccc23)[C@@]1(C)O. The number of aromatic nitrogens is 1. The summed E-state index contributed by atoms with van der Waals surface area (Å²) in [4.78, 5) is 17.0. The molecular weight excluding hydrogens is 328 g/mol. The van der Waals surface area contributed by atoms with Crippen LogP contribution >= 0.6 is 11.6 Å². The average molecular weight is 351 g/mol. The van der Waals surface area contributed by atoms with Gasteiger partial charge in [-0.2, -0.15) is 0 Å². The molecule has 1 fully saturated rings. The number of benzene rings is 1. The van der Waals surface area contributed by atoms with Gasteiger partial charge in [-0.05, 0) is 45.2 Å². The maximum atomic E-state index is 12.2. The van der Waals surface area contributed by atoms with E-state index in [4.69, 9.17) is 16.3 Å². The summed E-state index contributed by atoms with van der Waals surface area (Å²) in [5.41, 5.74) is 0.782. The van der Waals surface area contributed by atoms with Gasteiger partial charge >= 0.3 is 6.09 Å². The number of aromatic amines is 1. The second kappa shape index (κ2) is 5.67. The van der Waals surface area contributed by atoms with E-state index in [1.165, 1.54) is 4.90 Å². The van der Waals surface area contributed by atoms with Crippen molar-refractivity contribution in [2.45, 2.75) is 51.9 Å². The summed E-state index contributed by atoms with van der Waals surface area (Å²) >= 11 is 6.24. The monoisotopic (exact) mass is 350 g/mol. The Labute approximate surface area is 146 Å². The minimum Gasteiger partial charge on any atom is -0.438 e. The number of cyclic esters (lactones) is 1. The number of amides is 1. The Morgan fingerprint density at radius 3 is 2.71 bits per heavy atom. The molecule has 24 heavy (non-hydrogen) atoms. The Hall–Kier alpha value is -1.72. The number of carbonyl (C=O) groups excluding carboxylic acids is 1. The summed E-state index contributed by atoms with van der Waals surface area (Å²) in [6, 6.07) is 5.77. The smallest absolute Gasteiger partial charge is 0.412 e. The van der Waals surface area contributed by atoms with Crippen molar-refractivity contribution in [3.05, 3.63) is 34.5 Å². The van der Waals surface area contributed by atoms with Crippen molar-refractivity contribution in [3.63, 3.8) is 0 Å². The topological polar surface area (TPSA) is 65.6 Å². The van der Waals surface area contributed by atoms with E-state index >= 15 is 0 Å². The molecule has 2 heterocycles. The van der Waals surface area contributed by atoms with Gasteiger partial charge in [-0.25, -0.2) is 4.79 Å². The first-order chi connectivity index (χ1) is 11.2. The highest BCUT2D eigenvalue weighted by molar-refractivity contribution is 6.35. The molecule has 130 valence electrons. The Balaban J connectivity index is 1.88. The molecule has 2 aromatic rings. The van der Waals surface area contributed by atoms with Crippen molar-refractivity contribution in [2.24, 2.45) is 0 Å². The number of hydrogen-bond donors (Lipinski definition) is 2. The van der Waals surface area contributed by atoms with Crippen LogP contribution in [-0.2, 0) is 11.2 Å². The molecule has 0 aliphatic carbocycles. The van der Waals surface area contributed by atoms with Gasteiger partial charge in [0.1, 0.15) is 0 Å². The Morgan fingerprint density at radius 2 is 2.08 bits per heavy atom. The van der Waals surface area contributed by atoms with E-state index in [-0.39, 0.29) is 0 Å². The number of carbonyl (C=O) groups is 1. The summed E-state index contributed by atoms with van der Waals surface area (Å²) in [6.07, 6.45) is 0.682. The molecule has 1 aliphatic heterocycles. The molecular formula is C18H23ClN2O3. The summed E-state index contributed by atoms with van der Waals surface area (Å²) in [7, 11) is 0. The first kappa shape index (κ1) is 17.1. The first-order valence-corrected chi connectivity index (χ1v) is 8.57. The van der Waals surface area contributed by atoms with Gasteiger partial charge < -0.3 is 14.8 Å². The number of ether oxygens (including phenoxy) is 1. The first-order valence-electron chi connectivity index (χ1n) is 8.20. The number of para-hydroxylation sites is 1. The molecule has 5 nitrogen and oxygen atoms in total. The number of hydrogen-bond acceptors (Lipinski definition) is 3. The lowest BCUT2D eigenvalue weighted by atomic mass is 9.90. The van der Waals surface area contributed by atoms with Crippen molar-refractivity contribution in [2.75, 3.05) is 6.54 Å². The van der Waals surface area contributed by atoms with Crippen LogP contribution in [-0.4, -0.2) is 39.0 Å². The maximum absolute atomic E-state index is 12.2. The Bertz CT molecular complexity index is 799. The summed E-state index contributed by atoms with van der Waals surface area (Å²) in [6.45, 7) is 7.67. The summed E-state index contributed by atoms with van der Waals surface area (Å²) < 4.78 is 5.44. The van der Waals surface area contributed by atoms with Crippen LogP contribution in [0, 0.1) is 6.92 Å². The number of nitrogens with one attached hydrogen (secondary N) is 1. The summed E-state index contributed by atoms with van der Waals surface area (Å²) in [5.74, 6) is 0. The molecule has 1 amide bonds. The van der Waals surface area contributed by atoms with Crippen molar-refractivity contribution >= 4 is 28.6 Å². The lowest BCUT2D eigenvalue weighted by Gasteiger charge is -2.36. The third kappa shape index (κ3) is 2.38. The zero-order valence-corrected chi connectivity index (χ0v) is 15.2. The van der Waals surface area contributed by atoms with Crippen LogP contribution in [0.1, 0.15) is 38.4 Å². The Kier molecular flexibility index (Phi) is 4.04. The van der Waals surface area contributed by atoms with Crippen molar-refractivity contribution in [1.82, 2.24) is 9.88 Å². The van der Waals surface area contributed by atoms with E-state index in [1.54, 1.807) is 13.8 Å². The highest BCUT2D eigenvalue weighted by atomic mass is 35.5. The largest absolute Gasteiger partial charge is 0.438 e.